The lowest BCUT2D eigenvalue weighted by atomic mass is 10.3. The van der Waals surface area contributed by atoms with Gasteiger partial charge in [-0.3, -0.25) is 4.72 Å². The largest absolute Gasteiger partial charge is 0.462 e. The highest BCUT2D eigenvalue weighted by atomic mass is 32.2. The maximum atomic E-state index is 13.1. The lowest BCUT2D eigenvalue weighted by molar-refractivity contribution is -0.147. The first-order valence-electron chi connectivity index (χ1n) is 9.14. The highest BCUT2D eigenvalue weighted by Crippen LogP contribution is 2.35. The van der Waals surface area contributed by atoms with Gasteiger partial charge in [-0.2, -0.15) is 36.3 Å². The summed E-state index contributed by atoms with van der Waals surface area (Å²) in [6.07, 6.45) is -4.60. The molecule has 0 saturated heterocycles. The summed E-state index contributed by atoms with van der Waals surface area (Å²) in [4.78, 5) is 12.0. The highest BCUT2D eigenvalue weighted by Gasteiger charge is 2.39. The van der Waals surface area contributed by atoms with Crippen LogP contribution in [0.3, 0.4) is 0 Å². The molecule has 4 heterocycles. The van der Waals surface area contributed by atoms with Crippen LogP contribution in [-0.2, 0) is 19.3 Å². The molecule has 0 aliphatic carbocycles. The van der Waals surface area contributed by atoms with E-state index in [1.54, 1.807) is 4.90 Å². The Kier molecular flexibility index (Phi) is 6.10. The summed E-state index contributed by atoms with van der Waals surface area (Å²) in [5.41, 5.74) is -4.40. The summed E-state index contributed by atoms with van der Waals surface area (Å²) >= 11 is 1.00. The Hall–Kier alpha value is -2.33. The van der Waals surface area contributed by atoms with E-state index in [0.29, 0.717) is 16.0 Å². The Labute approximate surface area is 185 Å². The van der Waals surface area contributed by atoms with Crippen LogP contribution < -0.4 is 14.4 Å². The molecule has 0 unspecified atom stereocenters. The molecule has 3 aromatic rings. The van der Waals surface area contributed by atoms with Gasteiger partial charge in [-0.1, -0.05) is 0 Å². The third-order valence-electron chi connectivity index (χ3n) is 4.40. The summed E-state index contributed by atoms with van der Waals surface area (Å²) in [6.45, 7) is 1.95. The van der Waals surface area contributed by atoms with Crippen LogP contribution in [0.15, 0.2) is 6.07 Å². The lowest BCUT2D eigenvalue weighted by Gasteiger charge is -2.29. The van der Waals surface area contributed by atoms with Crippen LogP contribution in [0.1, 0.15) is 16.5 Å². The number of aryl methyl sites for hydroxylation is 1. The first-order chi connectivity index (χ1) is 15.0. The van der Waals surface area contributed by atoms with Gasteiger partial charge in [-0.25, -0.2) is 0 Å². The standard InChI is InChI=1S/C16H15F6N7OS2/c1-8-6-9-11(28-3-4-29-10(7-28)26-27-13(29)15(17,18)19)24-14(25-12(9)31-8)30-5-2-23-32-16(20,21)22/h6,23H,2-5,7H2,1H3. The molecule has 16 heteroatoms. The van der Waals surface area contributed by atoms with E-state index in [2.05, 4.69) is 24.9 Å². The monoisotopic (exact) mass is 499 g/mol. The molecule has 0 aromatic carbocycles. The van der Waals surface area contributed by atoms with Gasteiger partial charge >= 0.3 is 17.7 Å². The van der Waals surface area contributed by atoms with Crippen molar-refractivity contribution in [1.82, 2.24) is 29.5 Å². The van der Waals surface area contributed by atoms with Gasteiger partial charge in [0.15, 0.2) is 5.82 Å². The first kappa shape index (κ1) is 22.8. The van der Waals surface area contributed by atoms with E-state index >= 15 is 0 Å². The van der Waals surface area contributed by atoms with Crippen molar-refractivity contribution < 1.29 is 31.1 Å². The summed E-state index contributed by atoms with van der Waals surface area (Å²) in [5.74, 6) is -0.437. The van der Waals surface area contributed by atoms with Crippen LogP contribution >= 0.6 is 23.3 Å². The van der Waals surface area contributed by atoms with E-state index in [0.717, 1.165) is 9.44 Å². The Morgan fingerprint density at radius 2 is 1.94 bits per heavy atom. The van der Waals surface area contributed by atoms with Gasteiger partial charge in [0, 0.05) is 36.5 Å². The van der Waals surface area contributed by atoms with E-state index in [9.17, 15) is 26.3 Å². The number of hydrogen-bond donors (Lipinski definition) is 1. The molecule has 0 bridgehead atoms. The Balaban J connectivity index is 1.54. The fourth-order valence-corrected chi connectivity index (χ4v) is 4.39. The average Bonchev–Trinajstić information content (AvgIpc) is 3.27. The molecule has 4 rings (SSSR count). The van der Waals surface area contributed by atoms with Crippen molar-refractivity contribution >= 4 is 39.3 Å². The zero-order chi connectivity index (χ0) is 23.1. The first-order valence-corrected chi connectivity index (χ1v) is 10.8. The topological polar surface area (TPSA) is 81.0 Å². The van der Waals surface area contributed by atoms with Crippen molar-refractivity contribution in [3.05, 3.63) is 22.6 Å². The molecular formula is C16H15F6N7OS2. The van der Waals surface area contributed by atoms with Crippen molar-refractivity contribution in [3.63, 3.8) is 0 Å². The quantitative estimate of drug-likeness (QED) is 0.312. The third-order valence-corrected chi connectivity index (χ3v) is 5.93. The molecule has 0 amide bonds. The molecule has 1 aliphatic heterocycles. The zero-order valence-corrected chi connectivity index (χ0v) is 17.9. The molecule has 0 radical (unpaired) electrons. The highest BCUT2D eigenvalue weighted by molar-refractivity contribution is 7.98. The summed E-state index contributed by atoms with van der Waals surface area (Å²) in [7, 11) is 0. The molecule has 0 saturated carbocycles. The minimum absolute atomic E-state index is 0.0145. The summed E-state index contributed by atoms with van der Waals surface area (Å²) < 4.78 is 84.4. The number of anilines is 1. The van der Waals surface area contributed by atoms with Crippen molar-refractivity contribution in [2.24, 2.45) is 0 Å². The molecule has 0 spiro atoms. The van der Waals surface area contributed by atoms with E-state index in [-0.39, 0.29) is 56.6 Å². The van der Waals surface area contributed by atoms with Gasteiger partial charge in [0.1, 0.15) is 17.3 Å². The molecule has 1 aliphatic rings. The lowest BCUT2D eigenvalue weighted by Crippen LogP contribution is -2.36. The second-order valence-electron chi connectivity index (χ2n) is 6.71. The van der Waals surface area contributed by atoms with Gasteiger partial charge in [0.05, 0.1) is 11.9 Å². The fraction of sp³-hybridized carbons (Fsp3) is 0.500. The van der Waals surface area contributed by atoms with Gasteiger partial charge in [-0.05, 0) is 13.0 Å². The SMILES string of the molecule is Cc1cc2c(N3CCn4c(nnc4C(F)(F)F)C3)nc(OCCNSC(F)(F)F)nc2s1. The summed E-state index contributed by atoms with van der Waals surface area (Å²) in [5, 5.41) is 7.65. The predicted octanol–water partition coefficient (Wildman–Crippen LogP) is 3.77. The fourth-order valence-electron chi connectivity index (χ4n) is 3.18. The van der Waals surface area contributed by atoms with E-state index in [1.165, 1.54) is 11.3 Å². The number of rotatable bonds is 6. The van der Waals surface area contributed by atoms with Crippen molar-refractivity contribution in [1.29, 1.82) is 0 Å². The minimum Gasteiger partial charge on any atom is -0.462 e. The van der Waals surface area contributed by atoms with Gasteiger partial charge in [0.25, 0.3) is 0 Å². The van der Waals surface area contributed by atoms with Gasteiger partial charge in [0.2, 0.25) is 5.82 Å². The minimum atomic E-state index is -4.60. The van der Waals surface area contributed by atoms with E-state index < -0.39 is 17.5 Å². The van der Waals surface area contributed by atoms with Crippen LogP contribution in [-0.4, -0.2) is 49.9 Å². The maximum absolute atomic E-state index is 13.1. The normalized spacial score (nSPS) is 14.8. The molecule has 0 atom stereocenters. The predicted molar refractivity (Wildman–Crippen MR) is 105 cm³/mol. The molecule has 8 nitrogen and oxygen atoms in total. The van der Waals surface area contributed by atoms with Crippen molar-refractivity contribution in [3.8, 4) is 6.01 Å². The number of alkyl halides is 6. The van der Waals surface area contributed by atoms with Crippen LogP contribution in [0, 0.1) is 6.92 Å². The number of nitrogens with one attached hydrogen (secondary N) is 1. The molecule has 32 heavy (non-hydrogen) atoms. The van der Waals surface area contributed by atoms with Crippen LogP contribution in [0.5, 0.6) is 6.01 Å². The number of aromatic nitrogens is 5. The number of ether oxygens (including phenoxy) is 1. The van der Waals surface area contributed by atoms with Crippen molar-refractivity contribution in [2.75, 3.05) is 24.6 Å². The van der Waals surface area contributed by atoms with Crippen LogP contribution in [0.25, 0.3) is 10.2 Å². The average molecular weight is 499 g/mol. The molecule has 3 aromatic heterocycles. The van der Waals surface area contributed by atoms with Gasteiger partial charge < -0.3 is 14.2 Å². The molecular weight excluding hydrogens is 484 g/mol. The van der Waals surface area contributed by atoms with E-state index in [4.69, 9.17) is 4.74 Å². The number of nitrogens with zero attached hydrogens (tertiary/aromatic N) is 6. The molecule has 1 N–H and O–H groups in total. The summed E-state index contributed by atoms with van der Waals surface area (Å²) in [6, 6.07) is 1.83. The maximum Gasteiger partial charge on any atom is 0.456 e. The Morgan fingerprint density at radius 1 is 1.16 bits per heavy atom. The number of halogens is 6. The van der Waals surface area contributed by atoms with Crippen LogP contribution in [0.2, 0.25) is 0 Å². The smallest absolute Gasteiger partial charge is 0.456 e. The Bertz CT molecular complexity index is 1110. The van der Waals surface area contributed by atoms with Crippen molar-refractivity contribution in [2.45, 2.75) is 31.7 Å². The Morgan fingerprint density at radius 3 is 2.66 bits per heavy atom. The third kappa shape index (κ3) is 5.01. The second-order valence-corrected chi connectivity index (χ2v) is 8.90. The molecule has 0 fully saturated rings. The number of hydrogen-bond acceptors (Lipinski definition) is 9. The van der Waals surface area contributed by atoms with E-state index in [1.807, 2.05) is 13.0 Å². The number of thiophene rings is 1. The second kappa shape index (κ2) is 8.55. The molecule has 174 valence electrons. The van der Waals surface area contributed by atoms with Gasteiger partial charge in [-0.15, -0.1) is 21.5 Å². The number of fused-ring (bicyclic) bond motifs is 2. The van der Waals surface area contributed by atoms with Crippen LogP contribution in [0.4, 0.5) is 32.2 Å². The zero-order valence-electron chi connectivity index (χ0n) is 16.3.